The summed E-state index contributed by atoms with van der Waals surface area (Å²) in [5.74, 6) is -1.28. The summed E-state index contributed by atoms with van der Waals surface area (Å²) in [5.41, 5.74) is -0.698. The molecule has 1 heterocycles. The first-order valence-corrected chi connectivity index (χ1v) is 6.84. The van der Waals surface area contributed by atoms with Crippen molar-refractivity contribution in [2.75, 3.05) is 19.6 Å². The highest BCUT2D eigenvalue weighted by molar-refractivity contribution is 5.98. The summed E-state index contributed by atoms with van der Waals surface area (Å²) < 4.78 is 13.1. The summed E-state index contributed by atoms with van der Waals surface area (Å²) in [7, 11) is 0. The first-order chi connectivity index (χ1) is 9.91. The van der Waals surface area contributed by atoms with E-state index in [1.807, 2.05) is 0 Å². The van der Waals surface area contributed by atoms with E-state index in [4.69, 9.17) is 0 Å². The van der Waals surface area contributed by atoms with Crippen LogP contribution in [-0.4, -0.2) is 30.5 Å². The standard InChI is InChI=1S/C14H18FN3O3.ClH/c1-14(5-2-6-16-8-14)9-17-13(19)11-4-3-10(15)7-12(11)18(20)21;/h3-4,7,16H,2,5-6,8-9H2,1H3,(H,17,19);1H. The monoisotopic (exact) mass is 331 g/mol. The minimum atomic E-state index is -0.748. The average molecular weight is 332 g/mol. The lowest BCUT2D eigenvalue weighted by atomic mass is 9.83. The van der Waals surface area contributed by atoms with E-state index >= 15 is 0 Å². The Morgan fingerprint density at radius 1 is 1.55 bits per heavy atom. The van der Waals surface area contributed by atoms with E-state index in [2.05, 4.69) is 17.6 Å². The van der Waals surface area contributed by atoms with E-state index in [0.29, 0.717) is 6.54 Å². The van der Waals surface area contributed by atoms with E-state index in [1.54, 1.807) is 0 Å². The molecule has 0 aromatic heterocycles. The van der Waals surface area contributed by atoms with Crippen LogP contribution in [0.2, 0.25) is 0 Å². The number of nitrogens with zero attached hydrogens (tertiary/aromatic N) is 1. The van der Waals surface area contributed by atoms with Gasteiger partial charge in [-0.2, -0.15) is 0 Å². The molecule has 0 bridgehead atoms. The first kappa shape index (κ1) is 18.3. The SMILES string of the molecule is CC1(CNC(=O)c2ccc(F)cc2[N+](=O)[O-])CCCNC1.Cl. The van der Waals surface area contributed by atoms with Crippen molar-refractivity contribution in [3.8, 4) is 0 Å². The van der Waals surface area contributed by atoms with Gasteiger partial charge >= 0.3 is 0 Å². The third kappa shape index (κ3) is 4.38. The maximum atomic E-state index is 13.1. The summed E-state index contributed by atoms with van der Waals surface area (Å²) in [4.78, 5) is 22.3. The van der Waals surface area contributed by atoms with E-state index in [1.165, 1.54) is 0 Å². The van der Waals surface area contributed by atoms with E-state index < -0.39 is 22.3 Å². The third-order valence-electron chi connectivity index (χ3n) is 3.76. The van der Waals surface area contributed by atoms with Crippen LogP contribution in [0.4, 0.5) is 10.1 Å². The minimum absolute atomic E-state index is 0. The topological polar surface area (TPSA) is 84.3 Å². The van der Waals surface area contributed by atoms with Crippen LogP contribution in [0.25, 0.3) is 0 Å². The van der Waals surface area contributed by atoms with Gasteiger partial charge in [-0.1, -0.05) is 6.92 Å². The lowest BCUT2D eigenvalue weighted by Crippen LogP contribution is -2.45. The van der Waals surface area contributed by atoms with Crippen LogP contribution >= 0.6 is 12.4 Å². The van der Waals surface area contributed by atoms with Gasteiger partial charge in [0.05, 0.1) is 11.0 Å². The van der Waals surface area contributed by atoms with Crippen LogP contribution in [0.15, 0.2) is 18.2 Å². The fourth-order valence-corrected chi connectivity index (χ4v) is 2.51. The van der Waals surface area contributed by atoms with Gasteiger partial charge in [-0.3, -0.25) is 14.9 Å². The van der Waals surface area contributed by atoms with Gasteiger partial charge in [0.15, 0.2) is 0 Å². The van der Waals surface area contributed by atoms with E-state index in [0.717, 1.165) is 44.1 Å². The molecular weight excluding hydrogens is 313 g/mol. The van der Waals surface area contributed by atoms with Crippen LogP contribution in [0.3, 0.4) is 0 Å². The number of benzene rings is 1. The molecule has 1 amide bonds. The molecule has 6 nitrogen and oxygen atoms in total. The Labute approximate surface area is 134 Å². The Hall–Kier alpha value is -1.73. The predicted octanol–water partition coefficient (Wildman–Crippen LogP) is 2.28. The van der Waals surface area contributed by atoms with E-state index in [-0.39, 0.29) is 23.4 Å². The molecule has 1 saturated heterocycles. The van der Waals surface area contributed by atoms with Gasteiger partial charge in [0.1, 0.15) is 11.4 Å². The van der Waals surface area contributed by atoms with Crippen molar-refractivity contribution in [1.29, 1.82) is 0 Å². The Morgan fingerprint density at radius 2 is 2.27 bits per heavy atom. The van der Waals surface area contributed by atoms with Crippen molar-refractivity contribution in [2.24, 2.45) is 5.41 Å². The molecule has 1 aliphatic rings. The molecule has 122 valence electrons. The maximum Gasteiger partial charge on any atom is 0.285 e. The van der Waals surface area contributed by atoms with Crippen molar-refractivity contribution in [3.63, 3.8) is 0 Å². The van der Waals surface area contributed by atoms with Crippen molar-refractivity contribution in [3.05, 3.63) is 39.7 Å². The Kier molecular flexibility index (Phi) is 6.25. The molecule has 1 unspecified atom stereocenters. The van der Waals surface area contributed by atoms with Gasteiger partial charge < -0.3 is 10.6 Å². The molecule has 1 aliphatic heterocycles. The number of nitro benzene ring substituents is 1. The second kappa shape index (κ2) is 7.51. The molecule has 0 spiro atoms. The molecule has 1 atom stereocenters. The molecule has 8 heteroatoms. The van der Waals surface area contributed by atoms with Gasteiger partial charge in [0.25, 0.3) is 11.6 Å². The molecule has 0 saturated carbocycles. The van der Waals surface area contributed by atoms with Gasteiger partial charge in [0.2, 0.25) is 0 Å². The molecule has 0 radical (unpaired) electrons. The smallest absolute Gasteiger partial charge is 0.285 e. The van der Waals surface area contributed by atoms with Crippen LogP contribution in [0.1, 0.15) is 30.1 Å². The molecule has 2 N–H and O–H groups in total. The second-order valence-electron chi connectivity index (χ2n) is 5.69. The Morgan fingerprint density at radius 3 is 2.86 bits per heavy atom. The summed E-state index contributed by atoms with van der Waals surface area (Å²) in [6, 6.07) is 2.95. The molecular formula is C14H19ClFN3O3. The fourth-order valence-electron chi connectivity index (χ4n) is 2.51. The number of carbonyl (C=O) groups is 1. The van der Waals surface area contributed by atoms with Crippen LogP contribution in [0.5, 0.6) is 0 Å². The third-order valence-corrected chi connectivity index (χ3v) is 3.76. The number of rotatable bonds is 4. The van der Waals surface area contributed by atoms with Crippen molar-refractivity contribution >= 4 is 24.0 Å². The lowest BCUT2D eigenvalue weighted by Gasteiger charge is -2.34. The lowest BCUT2D eigenvalue weighted by molar-refractivity contribution is -0.385. The highest BCUT2D eigenvalue weighted by atomic mass is 35.5. The molecule has 22 heavy (non-hydrogen) atoms. The molecule has 2 rings (SSSR count). The van der Waals surface area contributed by atoms with Crippen LogP contribution in [0, 0.1) is 21.3 Å². The number of halogens is 2. The maximum absolute atomic E-state index is 13.1. The van der Waals surface area contributed by atoms with Crippen molar-refractivity contribution in [1.82, 2.24) is 10.6 Å². The fraction of sp³-hybridized carbons (Fsp3) is 0.500. The number of piperidine rings is 1. The predicted molar refractivity (Wildman–Crippen MR) is 82.8 cm³/mol. The Bertz CT molecular complexity index is 562. The zero-order valence-corrected chi connectivity index (χ0v) is 13.0. The van der Waals surface area contributed by atoms with E-state index in [9.17, 15) is 19.3 Å². The molecule has 1 aromatic rings. The number of amides is 1. The van der Waals surface area contributed by atoms with Crippen LogP contribution < -0.4 is 10.6 Å². The molecule has 1 aromatic carbocycles. The van der Waals surface area contributed by atoms with Gasteiger partial charge in [-0.05, 0) is 36.9 Å². The summed E-state index contributed by atoms with van der Waals surface area (Å²) in [5, 5.41) is 16.9. The number of hydrogen-bond donors (Lipinski definition) is 2. The summed E-state index contributed by atoms with van der Waals surface area (Å²) in [6.07, 6.45) is 2.01. The number of hydrogen-bond acceptors (Lipinski definition) is 4. The average Bonchev–Trinajstić information content (AvgIpc) is 2.45. The summed E-state index contributed by atoms with van der Waals surface area (Å²) >= 11 is 0. The molecule has 1 fully saturated rings. The zero-order chi connectivity index (χ0) is 15.5. The quantitative estimate of drug-likeness (QED) is 0.655. The normalized spacial score (nSPS) is 20.8. The second-order valence-corrected chi connectivity index (χ2v) is 5.69. The highest BCUT2D eigenvalue weighted by Gasteiger charge is 2.28. The van der Waals surface area contributed by atoms with Crippen molar-refractivity contribution in [2.45, 2.75) is 19.8 Å². The van der Waals surface area contributed by atoms with Gasteiger partial charge in [-0.25, -0.2) is 4.39 Å². The highest BCUT2D eigenvalue weighted by Crippen LogP contribution is 2.25. The van der Waals surface area contributed by atoms with Crippen molar-refractivity contribution < 1.29 is 14.1 Å². The number of carbonyl (C=O) groups excluding carboxylic acids is 1. The Balaban J connectivity index is 0.00000242. The number of nitro groups is 1. The summed E-state index contributed by atoms with van der Waals surface area (Å²) in [6.45, 7) is 4.23. The van der Waals surface area contributed by atoms with Gasteiger partial charge in [-0.15, -0.1) is 12.4 Å². The minimum Gasteiger partial charge on any atom is -0.351 e. The molecule has 0 aliphatic carbocycles. The largest absolute Gasteiger partial charge is 0.351 e. The number of nitrogens with one attached hydrogen (secondary N) is 2. The van der Waals surface area contributed by atoms with Crippen LogP contribution in [-0.2, 0) is 0 Å². The van der Waals surface area contributed by atoms with Gasteiger partial charge in [0, 0.05) is 13.1 Å². The zero-order valence-electron chi connectivity index (χ0n) is 12.2. The first-order valence-electron chi connectivity index (χ1n) is 6.84.